The van der Waals surface area contributed by atoms with Crippen molar-refractivity contribution >= 4 is 29.0 Å². The van der Waals surface area contributed by atoms with E-state index < -0.39 is 29.6 Å². The normalized spacial score (nSPS) is 22.2. The minimum Gasteiger partial charge on any atom is -0.388 e. The third-order valence-electron chi connectivity index (χ3n) is 7.39. The molecule has 1 amide bonds. The third kappa shape index (κ3) is 6.21. The number of thioether (sulfide) groups is 1. The molecular weight excluding hydrogens is 570 g/mol. The molecule has 14 heteroatoms. The Morgan fingerprint density at radius 1 is 1.19 bits per heavy atom. The van der Waals surface area contributed by atoms with Crippen LogP contribution in [0.5, 0.6) is 5.88 Å². The second-order valence-electron chi connectivity index (χ2n) is 11.5. The Kier molecular flexibility index (Phi) is 8.97. The van der Waals surface area contributed by atoms with Gasteiger partial charge in [-0.15, -0.1) is 5.10 Å². The van der Waals surface area contributed by atoms with E-state index in [1.165, 1.54) is 17.8 Å². The summed E-state index contributed by atoms with van der Waals surface area (Å²) in [6, 6.07) is 3.40. The molecule has 1 saturated carbocycles. The molecule has 0 N–H and O–H groups in total. The van der Waals surface area contributed by atoms with Gasteiger partial charge in [-0.25, -0.2) is 23.2 Å². The minimum absolute atomic E-state index is 0.0104. The Labute approximate surface area is 247 Å². The van der Waals surface area contributed by atoms with E-state index in [9.17, 15) is 13.6 Å². The number of halogens is 2. The molecule has 5 rings (SSSR count). The van der Waals surface area contributed by atoms with Gasteiger partial charge in [-0.2, -0.15) is 4.98 Å². The summed E-state index contributed by atoms with van der Waals surface area (Å²) in [5.74, 6) is -1.18. The van der Waals surface area contributed by atoms with Crippen LogP contribution in [-0.2, 0) is 14.2 Å². The summed E-state index contributed by atoms with van der Waals surface area (Å²) >= 11 is 1.44. The van der Waals surface area contributed by atoms with Gasteiger partial charge in [0, 0.05) is 43.9 Å². The van der Waals surface area contributed by atoms with Crippen molar-refractivity contribution in [3.8, 4) is 5.88 Å². The summed E-state index contributed by atoms with van der Waals surface area (Å²) in [7, 11) is 3.12. The van der Waals surface area contributed by atoms with Crippen LogP contribution in [0.15, 0.2) is 23.4 Å². The molecule has 3 aromatic rings. The Morgan fingerprint density at radius 3 is 2.62 bits per heavy atom. The SMILES string of the molecule is CCCSc1nc(OC(=O)N([C@@H]2C[C@H]2c2ccc(F)c(F)c2)C(C)(C)C)c2nnn([C@H]3CO[C@@H](C(OC)OC)C3)c2n1. The number of hydrogen-bond donors (Lipinski definition) is 0. The fourth-order valence-electron chi connectivity index (χ4n) is 5.37. The quantitative estimate of drug-likeness (QED) is 0.175. The van der Waals surface area contributed by atoms with E-state index in [-0.39, 0.29) is 35.5 Å². The highest BCUT2D eigenvalue weighted by molar-refractivity contribution is 7.99. The van der Waals surface area contributed by atoms with Crippen molar-refractivity contribution in [2.45, 2.75) is 88.0 Å². The predicted octanol–water partition coefficient (Wildman–Crippen LogP) is 5.11. The van der Waals surface area contributed by atoms with Crippen LogP contribution in [0, 0.1) is 11.6 Å². The molecule has 42 heavy (non-hydrogen) atoms. The maximum atomic E-state index is 13.9. The van der Waals surface area contributed by atoms with Crippen LogP contribution in [0.2, 0.25) is 0 Å². The first-order chi connectivity index (χ1) is 20.0. The Bertz CT molecular complexity index is 1430. The van der Waals surface area contributed by atoms with Crippen LogP contribution in [0.25, 0.3) is 11.2 Å². The fraction of sp³-hybridized carbons (Fsp3) is 0.607. The van der Waals surface area contributed by atoms with E-state index in [4.69, 9.17) is 23.9 Å². The van der Waals surface area contributed by atoms with E-state index in [1.54, 1.807) is 29.9 Å². The average molecular weight is 607 g/mol. The smallest absolute Gasteiger partial charge is 0.388 e. The van der Waals surface area contributed by atoms with Crippen molar-refractivity contribution in [3.05, 3.63) is 35.4 Å². The largest absolute Gasteiger partial charge is 0.417 e. The predicted molar refractivity (Wildman–Crippen MR) is 150 cm³/mol. The number of ether oxygens (including phenoxy) is 4. The lowest BCUT2D eigenvalue weighted by Crippen LogP contribution is -2.49. The topological polar surface area (TPSA) is 114 Å². The summed E-state index contributed by atoms with van der Waals surface area (Å²) < 4.78 is 51.7. The van der Waals surface area contributed by atoms with Crippen LogP contribution in [-0.4, -0.2) is 86.5 Å². The van der Waals surface area contributed by atoms with Crippen LogP contribution in [0.1, 0.15) is 64.5 Å². The van der Waals surface area contributed by atoms with Gasteiger partial charge in [0.1, 0.15) is 6.10 Å². The van der Waals surface area contributed by atoms with Gasteiger partial charge >= 0.3 is 6.09 Å². The van der Waals surface area contributed by atoms with Crippen molar-refractivity contribution in [1.29, 1.82) is 0 Å². The average Bonchev–Trinajstić information content (AvgIpc) is 3.34. The van der Waals surface area contributed by atoms with Gasteiger partial charge in [-0.1, -0.05) is 30.0 Å². The van der Waals surface area contributed by atoms with Gasteiger partial charge in [0.2, 0.25) is 0 Å². The molecule has 2 fully saturated rings. The summed E-state index contributed by atoms with van der Waals surface area (Å²) in [5, 5.41) is 9.08. The molecule has 3 heterocycles. The zero-order valence-corrected chi connectivity index (χ0v) is 25.4. The highest BCUT2D eigenvalue weighted by atomic mass is 32.2. The lowest BCUT2D eigenvalue weighted by molar-refractivity contribution is -0.167. The molecule has 0 bridgehead atoms. The number of hydrogen-bond acceptors (Lipinski definition) is 10. The van der Waals surface area contributed by atoms with Gasteiger partial charge < -0.3 is 18.9 Å². The first-order valence-corrected chi connectivity index (χ1v) is 14.9. The molecule has 228 valence electrons. The standard InChI is InChI=1S/C28H36F2N6O5S/c1-7-10-42-26-31-23-22(33-34-36(23)16-12-21(40-14-16)25(38-5)39-6)24(32-26)41-27(37)35(28(2,3)4)20-13-17(20)15-8-9-18(29)19(30)11-15/h8-9,11,16-17,20-21,25H,7,10,12-14H2,1-6H3/t16-,17+,20-,21-/m1/s1. The first-order valence-electron chi connectivity index (χ1n) is 13.9. The molecule has 11 nitrogen and oxygen atoms in total. The Hall–Kier alpha value is -2.94. The molecule has 0 spiro atoms. The monoisotopic (exact) mass is 606 g/mol. The van der Waals surface area contributed by atoms with E-state index in [0.29, 0.717) is 35.8 Å². The summed E-state index contributed by atoms with van der Waals surface area (Å²) in [4.78, 5) is 24.6. The lowest BCUT2D eigenvalue weighted by atomic mass is 10.0. The number of fused-ring (bicyclic) bond motifs is 1. The number of aromatic nitrogens is 5. The molecule has 2 aliphatic rings. The molecule has 2 aromatic heterocycles. The van der Waals surface area contributed by atoms with Crippen molar-refractivity contribution in [2.75, 3.05) is 26.6 Å². The molecular formula is C28H36F2N6O5S. The highest BCUT2D eigenvalue weighted by Crippen LogP contribution is 2.47. The number of methoxy groups -OCH3 is 2. The molecule has 1 saturated heterocycles. The van der Waals surface area contributed by atoms with Crippen LogP contribution < -0.4 is 4.74 Å². The van der Waals surface area contributed by atoms with E-state index >= 15 is 0 Å². The van der Waals surface area contributed by atoms with Crippen molar-refractivity contribution in [2.24, 2.45) is 0 Å². The second-order valence-corrected chi connectivity index (χ2v) is 12.5. The number of nitrogens with zero attached hydrogens (tertiary/aromatic N) is 6. The van der Waals surface area contributed by atoms with Gasteiger partial charge in [0.05, 0.1) is 12.6 Å². The van der Waals surface area contributed by atoms with E-state index in [0.717, 1.165) is 18.2 Å². The first kappa shape index (κ1) is 30.5. The summed E-state index contributed by atoms with van der Waals surface area (Å²) in [5.41, 5.74) is 0.686. The zero-order valence-electron chi connectivity index (χ0n) is 24.5. The number of amides is 1. The number of rotatable bonds is 10. The zero-order chi connectivity index (χ0) is 30.2. The van der Waals surface area contributed by atoms with Crippen LogP contribution in [0.4, 0.5) is 13.6 Å². The molecule has 0 radical (unpaired) electrons. The molecule has 0 unspecified atom stereocenters. The fourth-order valence-corrected chi connectivity index (χ4v) is 6.05. The number of carbonyl (C=O) groups is 1. The lowest BCUT2D eigenvalue weighted by Gasteiger charge is -2.35. The van der Waals surface area contributed by atoms with E-state index in [2.05, 4.69) is 22.2 Å². The van der Waals surface area contributed by atoms with Gasteiger partial charge in [0.25, 0.3) is 5.88 Å². The number of carbonyl (C=O) groups excluding carboxylic acids is 1. The van der Waals surface area contributed by atoms with Gasteiger partial charge in [-0.05, 0) is 51.3 Å². The maximum Gasteiger partial charge on any atom is 0.417 e. The molecule has 4 atom stereocenters. The van der Waals surface area contributed by atoms with Crippen molar-refractivity contribution < 1.29 is 32.5 Å². The van der Waals surface area contributed by atoms with Gasteiger partial charge in [-0.3, -0.25) is 4.90 Å². The second kappa shape index (κ2) is 12.3. The van der Waals surface area contributed by atoms with Crippen molar-refractivity contribution in [3.63, 3.8) is 0 Å². The van der Waals surface area contributed by atoms with Crippen molar-refractivity contribution in [1.82, 2.24) is 29.9 Å². The van der Waals surface area contributed by atoms with Crippen LogP contribution in [0.3, 0.4) is 0 Å². The van der Waals surface area contributed by atoms with E-state index in [1.807, 2.05) is 20.8 Å². The summed E-state index contributed by atoms with van der Waals surface area (Å²) in [6.45, 7) is 8.09. The Balaban J connectivity index is 1.43. The maximum absolute atomic E-state index is 13.9. The third-order valence-corrected chi connectivity index (χ3v) is 8.44. The minimum atomic E-state index is -0.912. The Morgan fingerprint density at radius 2 is 1.95 bits per heavy atom. The molecule has 1 aliphatic heterocycles. The highest BCUT2D eigenvalue weighted by Gasteiger charge is 2.50. The molecule has 1 aliphatic carbocycles. The van der Waals surface area contributed by atoms with Gasteiger partial charge in [0.15, 0.2) is 34.2 Å². The van der Waals surface area contributed by atoms with Crippen LogP contribution >= 0.6 is 11.8 Å². The number of benzene rings is 1. The molecule has 1 aromatic carbocycles. The summed E-state index contributed by atoms with van der Waals surface area (Å²) in [6.07, 6.45) is 0.623.